The molecule has 1 saturated carbocycles. The SMILES string of the molecule is CC(C)(C)[Si](O[C@H](CC[C@@H]1[C@@H](C/C=C\CCCC(=O)O)[C@H](O)C[C@H]1O)c1cc2ccccc2s1)(c1ccccc1)c1ccccc1. The van der Waals surface area contributed by atoms with Crippen molar-refractivity contribution in [2.45, 2.75) is 89.1 Å². The zero-order valence-corrected chi connectivity index (χ0v) is 29.0. The Hall–Kier alpha value is -3.07. The number of thiophene rings is 1. The van der Waals surface area contributed by atoms with Crippen LogP contribution in [0.25, 0.3) is 10.1 Å². The molecule has 7 heteroatoms. The Kier molecular flexibility index (Phi) is 11.3. The zero-order chi connectivity index (χ0) is 32.7. The Morgan fingerprint density at radius 3 is 2.13 bits per heavy atom. The highest BCUT2D eigenvalue weighted by molar-refractivity contribution is 7.19. The summed E-state index contributed by atoms with van der Waals surface area (Å²) in [5.41, 5.74) is 0. The van der Waals surface area contributed by atoms with Gasteiger partial charge in [-0.2, -0.15) is 0 Å². The minimum absolute atomic E-state index is 0.0540. The summed E-state index contributed by atoms with van der Waals surface area (Å²) in [4.78, 5) is 12.0. The van der Waals surface area contributed by atoms with Crippen molar-refractivity contribution in [1.82, 2.24) is 0 Å². The minimum atomic E-state index is -2.87. The van der Waals surface area contributed by atoms with Gasteiger partial charge in [0.25, 0.3) is 8.32 Å². The molecule has 5 nitrogen and oxygen atoms in total. The van der Waals surface area contributed by atoms with E-state index in [0.29, 0.717) is 25.7 Å². The Bertz CT molecular complexity index is 1510. The molecular weight excluding hydrogens is 609 g/mol. The van der Waals surface area contributed by atoms with E-state index in [1.807, 2.05) is 6.08 Å². The molecule has 0 saturated heterocycles. The maximum atomic E-state index is 11.2. The average molecular weight is 657 g/mol. The summed E-state index contributed by atoms with van der Waals surface area (Å²) in [7, 11) is -2.87. The van der Waals surface area contributed by atoms with E-state index in [0.717, 1.165) is 12.8 Å². The molecule has 5 atom stereocenters. The van der Waals surface area contributed by atoms with Crippen LogP contribution in [0.3, 0.4) is 0 Å². The Balaban J connectivity index is 1.48. The van der Waals surface area contributed by atoms with Crippen molar-refractivity contribution < 1.29 is 24.5 Å². The molecule has 1 fully saturated rings. The van der Waals surface area contributed by atoms with Crippen molar-refractivity contribution in [3.8, 4) is 0 Å². The fourth-order valence-corrected chi connectivity index (χ4v) is 13.2. The zero-order valence-electron chi connectivity index (χ0n) is 27.2. The second-order valence-corrected chi connectivity index (χ2v) is 19.1. The van der Waals surface area contributed by atoms with Crippen LogP contribution in [0.1, 0.15) is 76.7 Å². The predicted octanol–water partition coefficient (Wildman–Crippen LogP) is 7.86. The number of carboxylic acid groups (broad SMARTS) is 1. The van der Waals surface area contributed by atoms with Crippen molar-refractivity contribution >= 4 is 46.1 Å². The van der Waals surface area contributed by atoms with E-state index in [1.165, 1.54) is 25.3 Å². The number of carboxylic acids is 1. The number of fused-ring (bicyclic) bond motifs is 1. The molecule has 0 radical (unpaired) electrons. The van der Waals surface area contributed by atoms with Gasteiger partial charge in [0.05, 0.1) is 18.3 Å². The van der Waals surface area contributed by atoms with Crippen molar-refractivity contribution in [3.63, 3.8) is 0 Å². The van der Waals surface area contributed by atoms with Gasteiger partial charge < -0.3 is 19.7 Å². The molecule has 1 aliphatic rings. The molecule has 0 aliphatic heterocycles. The lowest BCUT2D eigenvalue weighted by Gasteiger charge is -2.45. The summed E-state index contributed by atoms with van der Waals surface area (Å²) in [6.45, 7) is 6.91. The predicted molar refractivity (Wildman–Crippen MR) is 191 cm³/mol. The molecule has 1 aromatic heterocycles. The van der Waals surface area contributed by atoms with Crippen LogP contribution in [0.5, 0.6) is 0 Å². The van der Waals surface area contributed by atoms with Crippen molar-refractivity contribution in [2.24, 2.45) is 11.8 Å². The van der Waals surface area contributed by atoms with Gasteiger partial charge in [0.15, 0.2) is 0 Å². The van der Waals surface area contributed by atoms with E-state index in [-0.39, 0.29) is 29.4 Å². The van der Waals surface area contributed by atoms with Gasteiger partial charge in [-0.15, -0.1) is 11.3 Å². The first-order valence-electron chi connectivity index (χ1n) is 16.6. The number of unbranched alkanes of at least 4 members (excludes halogenated alkanes) is 1. The number of aliphatic carboxylic acids is 1. The average Bonchev–Trinajstić information content (AvgIpc) is 3.58. The number of allylic oxidation sites excluding steroid dienone is 2. The number of carbonyl (C=O) groups is 1. The third-order valence-corrected chi connectivity index (χ3v) is 15.9. The van der Waals surface area contributed by atoms with E-state index in [9.17, 15) is 15.0 Å². The quantitative estimate of drug-likeness (QED) is 0.0731. The van der Waals surface area contributed by atoms with Crippen LogP contribution in [0.4, 0.5) is 0 Å². The van der Waals surface area contributed by atoms with E-state index in [2.05, 4.69) is 118 Å². The molecule has 1 aliphatic carbocycles. The minimum Gasteiger partial charge on any atom is -0.481 e. The summed E-state index contributed by atoms with van der Waals surface area (Å²) in [5, 5.41) is 34.6. The Morgan fingerprint density at radius 1 is 0.913 bits per heavy atom. The summed E-state index contributed by atoms with van der Waals surface area (Å²) >= 11 is 1.79. The monoisotopic (exact) mass is 656 g/mol. The fourth-order valence-electron chi connectivity index (χ4n) is 7.32. The highest BCUT2D eigenvalue weighted by Crippen LogP contribution is 2.45. The molecule has 3 N–H and O–H groups in total. The van der Waals surface area contributed by atoms with Gasteiger partial charge in [0.1, 0.15) is 0 Å². The van der Waals surface area contributed by atoms with Crippen LogP contribution in [-0.4, -0.2) is 41.8 Å². The van der Waals surface area contributed by atoms with E-state index >= 15 is 0 Å². The number of aliphatic hydroxyl groups excluding tert-OH is 2. The fraction of sp³-hybridized carbons (Fsp3) is 0.410. The van der Waals surface area contributed by atoms with Gasteiger partial charge in [-0.1, -0.05) is 112 Å². The van der Waals surface area contributed by atoms with Crippen LogP contribution in [0, 0.1) is 11.8 Å². The first-order valence-corrected chi connectivity index (χ1v) is 19.3. The molecule has 3 aromatic carbocycles. The van der Waals surface area contributed by atoms with Gasteiger partial charge >= 0.3 is 5.97 Å². The number of aliphatic hydroxyl groups is 2. The Labute approximate surface area is 278 Å². The van der Waals surface area contributed by atoms with Gasteiger partial charge in [-0.05, 0) is 83.3 Å². The van der Waals surface area contributed by atoms with Crippen LogP contribution in [-0.2, 0) is 9.22 Å². The summed E-state index contributed by atoms with van der Waals surface area (Å²) in [6, 6.07) is 32.2. The molecule has 46 heavy (non-hydrogen) atoms. The molecule has 5 rings (SSSR count). The maximum absolute atomic E-state index is 11.2. The van der Waals surface area contributed by atoms with Crippen LogP contribution < -0.4 is 10.4 Å². The van der Waals surface area contributed by atoms with Crippen molar-refractivity contribution in [2.75, 3.05) is 0 Å². The number of hydrogen-bond acceptors (Lipinski definition) is 5. The van der Waals surface area contributed by atoms with Crippen LogP contribution >= 0.6 is 11.3 Å². The lowest BCUT2D eigenvalue weighted by molar-refractivity contribution is -0.137. The largest absolute Gasteiger partial charge is 0.481 e. The van der Waals surface area contributed by atoms with E-state index in [4.69, 9.17) is 9.53 Å². The van der Waals surface area contributed by atoms with Gasteiger partial charge in [0, 0.05) is 16.0 Å². The Morgan fingerprint density at radius 2 is 1.52 bits per heavy atom. The highest BCUT2D eigenvalue weighted by atomic mass is 32.1. The van der Waals surface area contributed by atoms with E-state index < -0.39 is 26.5 Å². The molecule has 0 unspecified atom stereocenters. The number of rotatable bonds is 14. The highest BCUT2D eigenvalue weighted by Gasteiger charge is 2.52. The second kappa shape index (κ2) is 15.2. The third-order valence-electron chi connectivity index (χ3n) is 9.62. The molecule has 1 heterocycles. The van der Waals surface area contributed by atoms with Crippen LogP contribution in [0.2, 0.25) is 5.04 Å². The molecule has 244 valence electrons. The standard InChI is InChI=1S/C39H48O5SSi/c1-39(2,3)46(29-17-8-6-9-18-29,30-19-10-7-11-20-30)44-35(37-26-28-16-14-15-22-36(28)45-37)25-24-32-31(33(40)27-34(32)41)21-12-4-5-13-23-38(42)43/h4,6-12,14-20,22,26,31-35,40-41H,5,13,21,23-25,27H2,1-3H3,(H,42,43)/b12-4-/t31-,32-,33-,34-,35-/m1/s1. The smallest absolute Gasteiger partial charge is 0.303 e. The lowest BCUT2D eigenvalue weighted by Crippen LogP contribution is -2.66. The molecule has 0 amide bonds. The van der Waals surface area contributed by atoms with Gasteiger partial charge in [-0.25, -0.2) is 0 Å². The molecule has 0 spiro atoms. The lowest BCUT2D eigenvalue weighted by atomic mass is 9.86. The van der Waals surface area contributed by atoms with Gasteiger partial charge in [-0.3, -0.25) is 4.79 Å². The summed E-state index contributed by atoms with van der Waals surface area (Å²) < 4.78 is 8.97. The van der Waals surface area contributed by atoms with Crippen molar-refractivity contribution in [1.29, 1.82) is 0 Å². The summed E-state index contributed by atoms with van der Waals surface area (Å²) in [6.07, 6.45) is 6.70. The first-order chi connectivity index (χ1) is 22.1. The normalized spacial score (nSPS) is 21.2. The third kappa shape index (κ3) is 7.72. The number of benzene rings is 3. The summed E-state index contributed by atoms with van der Waals surface area (Å²) in [5.74, 6) is -0.892. The van der Waals surface area contributed by atoms with E-state index in [1.54, 1.807) is 11.3 Å². The van der Waals surface area contributed by atoms with Gasteiger partial charge in [0.2, 0.25) is 0 Å². The number of hydrogen-bond donors (Lipinski definition) is 3. The maximum Gasteiger partial charge on any atom is 0.303 e. The topological polar surface area (TPSA) is 87.0 Å². The van der Waals surface area contributed by atoms with Crippen LogP contribution in [0.15, 0.2) is 103 Å². The van der Waals surface area contributed by atoms with Crippen molar-refractivity contribution in [3.05, 3.63) is 108 Å². The first kappa shape index (κ1) is 34.3. The molecule has 0 bridgehead atoms. The second-order valence-electron chi connectivity index (χ2n) is 13.7. The molecule has 4 aromatic rings. The molecular formula is C39H48O5SSi.